The SMILES string of the molecule is COc1ccccc1CCC(=O)OO. The molecule has 0 atom stereocenters. The fourth-order valence-corrected chi connectivity index (χ4v) is 1.19. The number of hydrogen-bond donors (Lipinski definition) is 1. The van der Waals surface area contributed by atoms with Crippen molar-refractivity contribution >= 4 is 5.97 Å². The van der Waals surface area contributed by atoms with E-state index in [-0.39, 0.29) is 6.42 Å². The summed E-state index contributed by atoms with van der Waals surface area (Å²) in [6.45, 7) is 0. The maximum atomic E-state index is 10.7. The van der Waals surface area contributed by atoms with Gasteiger partial charge in [-0.05, 0) is 18.1 Å². The summed E-state index contributed by atoms with van der Waals surface area (Å²) in [4.78, 5) is 14.2. The second kappa shape index (κ2) is 5.24. The maximum Gasteiger partial charge on any atom is 0.342 e. The highest BCUT2D eigenvalue weighted by atomic mass is 17.1. The molecule has 0 unspecified atom stereocenters. The Labute approximate surface area is 82.0 Å². The average molecular weight is 196 g/mol. The number of methoxy groups -OCH3 is 1. The van der Waals surface area contributed by atoms with Crippen molar-refractivity contribution in [2.45, 2.75) is 12.8 Å². The molecule has 0 saturated carbocycles. The van der Waals surface area contributed by atoms with Gasteiger partial charge < -0.3 is 9.62 Å². The van der Waals surface area contributed by atoms with Crippen LogP contribution in [0.1, 0.15) is 12.0 Å². The van der Waals surface area contributed by atoms with Gasteiger partial charge in [-0.3, -0.25) is 0 Å². The molecule has 0 aliphatic carbocycles. The van der Waals surface area contributed by atoms with E-state index in [1.165, 1.54) is 0 Å². The Bertz CT molecular complexity index is 309. The predicted octanol–water partition coefficient (Wildman–Crippen LogP) is 1.64. The van der Waals surface area contributed by atoms with Gasteiger partial charge in [0.1, 0.15) is 5.75 Å². The van der Waals surface area contributed by atoms with Gasteiger partial charge in [0.2, 0.25) is 0 Å². The van der Waals surface area contributed by atoms with E-state index in [0.717, 1.165) is 11.3 Å². The number of carbonyl (C=O) groups excluding carboxylic acids is 1. The van der Waals surface area contributed by atoms with Crippen LogP contribution < -0.4 is 4.74 Å². The second-order valence-electron chi connectivity index (χ2n) is 2.78. The number of rotatable bonds is 4. The van der Waals surface area contributed by atoms with Crippen molar-refractivity contribution in [3.8, 4) is 5.75 Å². The van der Waals surface area contributed by atoms with E-state index in [1.807, 2.05) is 24.3 Å². The Morgan fingerprint density at radius 3 is 2.79 bits per heavy atom. The van der Waals surface area contributed by atoms with Gasteiger partial charge in [-0.25, -0.2) is 4.79 Å². The quantitative estimate of drug-likeness (QED) is 0.587. The Hall–Kier alpha value is -1.55. The largest absolute Gasteiger partial charge is 0.496 e. The third-order valence-corrected chi connectivity index (χ3v) is 1.89. The van der Waals surface area contributed by atoms with Gasteiger partial charge in [-0.15, -0.1) is 0 Å². The van der Waals surface area contributed by atoms with Crippen molar-refractivity contribution in [2.75, 3.05) is 7.11 Å². The van der Waals surface area contributed by atoms with Gasteiger partial charge in [0.05, 0.1) is 13.5 Å². The molecular weight excluding hydrogens is 184 g/mol. The first-order valence-corrected chi connectivity index (χ1v) is 4.24. The summed E-state index contributed by atoms with van der Waals surface area (Å²) >= 11 is 0. The number of para-hydroxylation sites is 1. The second-order valence-corrected chi connectivity index (χ2v) is 2.78. The van der Waals surface area contributed by atoms with Crippen LogP contribution in [0.5, 0.6) is 5.75 Å². The minimum absolute atomic E-state index is 0.136. The molecular formula is C10H12O4. The van der Waals surface area contributed by atoms with Crippen molar-refractivity contribution in [1.82, 2.24) is 0 Å². The smallest absolute Gasteiger partial charge is 0.342 e. The summed E-state index contributed by atoms with van der Waals surface area (Å²) in [5.74, 6) is 0.0918. The van der Waals surface area contributed by atoms with E-state index in [1.54, 1.807) is 7.11 Å². The van der Waals surface area contributed by atoms with Gasteiger partial charge >= 0.3 is 5.97 Å². The van der Waals surface area contributed by atoms with Crippen molar-refractivity contribution in [2.24, 2.45) is 0 Å². The molecule has 1 aromatic rings. The summed E-state index contributed by atoms with van der Waals surface area (Å²) in [6, 6.07) is 7.40. The molecule has 1 aromatic carbocycles. The normalized spacial score (nSPS) is 9.57. The molecule has 0 spiro atoms. The number of carbonyl (C=O) groups is 1. The summed E-state index contributed by atoms with van der Waals surface area (Å²) in [5, 5.41) is 8.06. The molecule has 1 rings (SSSR count). The Morgan fingerprint density at radius 1 is 1.43 bits per heavy atom. The lowest BCUT2D eigenvalue weighted by atomic mass is 10.1. The summed E-state index contributed by atoms with van der Waals surface area (Å²) in [6.07, 6.45) is 0.625. The molecule has 0 aliphatic rings. The van der Waals surface area contributed by atoms with Crippen LogP contribution in [0.3, 0.4) is 0 Å². The lowest BCUT2D eigenvalue weighted by Gasteiger charge is -2.06. The fraction of sp³-hybridized carbons (Fsp3) is 0.300. The Morgan fingerprint density at radius 2 is 2.14 bits per heavy atom. The van der Waals surface area contributed by atoms with Crippen LogP contribution in [0.2, 0.25) is 0 Å². The first-order valence-electron chi connectivity index (χ1n) is 4.24. The number of benzene rings is 1. The fourth-order valence-electron chi connectivity index (χ4n) is 1.19. The number of ether oxygens (including phenoxy) is 1. The highest BCUT2D eigenvalue weighted by Crippen LogP contribution is 2.18. The highest BCUT2D eigenvalue weighted by molar-refractivity contribution is 5.69. The van der Waals surface area contributed by atoms with Crippen LogP contribution in [0.15, 0.2) is 24.3 Å². The van der Waals surface area contributed by atoms with Crippen LogP contribution >= 0.6 is 0 Å². The van der Waals surface area contributed by atoms with Gasteiger partial charge in [0.25, 0.3) is 0 Å². The van der Waals surface area contributed by atoms with Crippen LogP contribution in [0.25, 0.3) is 0 Å². The molecule has 0 saturated heterocycles. The summed E-state index contributed by atoms with van der Waals surface area (Å²) in [7, 11) is 1.57. The van der Waals surface area contributed by atoms with Crippen LogP contribution in [0, 0.1) is 0 Å². The van der Waals surface area contributed by atoms with E-state index >= 15 is 0 Å². The minimum Gasteiger partial charge on any atom is -0.496 e. The average Bonchev–Trinajstić information content (AvgIpc) is 2.26. The summed E-state index contributed by atoms with van der Waals surface area (Å²) < 4.78 is 5.10. The van der Waals surface area contributed by atoms with Gasteiger partial charge in [-0.2, -0.15) is 5.26 Å². The zero-order chi connectivity index (χ0) is 10.4. The molecule has 1 N–H and O–H groups in total. The predicted molar refractivity (Wildman–Crippen MR) is 50.0 cm³/mol. The van der Waals surface area contributed by atoms with E-state index < -0.39 is 5.97 Å². The summed E-state index contributed by atoms with van der Waals surface area (Å²) in [5.41, 5.74) is 0.917. The highest BCUT2D eigenvalue weighted by Gasteiger charge is 2.06. The van der Waals surface area contributed by atoms with Crippen molar-refractivity contribution in [3.05, 3.63) is 29.8 Å². The maximum absolute atomic E-state index is 10.7. The molecule has 14 heavy (non-hydrogen) atoms. The van der Waals surface area contributed by atoms with Gasteiger partial charge in [0, 0.05) is 0 Å². The molecule has 0 fully saturated rings. The van der Waals surface area contributed by atoms with Crippen molar-refractivity contribution in [3.63, 3.8) is 0 Å². The third-order valence-electron chi connectivity index (χ3n) is 1.89. The van der Waals surface area contributed by atoms with Crippen molar-refractivity contribution in [1.29, 1.82) is 0 Å². The number of aryl methyl sites for hydroxylation is 1. The standard InChI is InChI=1S/C10H12O4/c1-13-9-5-3-2-4-8(9)6-7-10(11)14-12/h2-5,12H,6-7H2,1H3. The molecule has 0 radical (unpaired) electrons. The Kier molecular flexibility index (Phi) is 3.94. The topological polar surface area (TPSA) is 55.8 Å². The molecule has 4 heteroatoms. The van der Waals surface area contributed by atoms with Crippen molar-refractivity contribution < 1.29 is 19.7 Å². The molecule has 4 nitrogen and oxygen atoms in total. The van der Waals surface area contributed by atoms with E-state index in [9.17, 15) is 4.79 Å². The molecule has 0 aromatic heterocycles. The van der Waals surface area contributed by atoms with E-state index in [4.69, 9.17) is 9.99 Å². The van der Waals surface area contributed by atoms with Crippen LogP contribution in [0.4, 0.5) is 0 Å². The third kappa shape index (κ3) is 2.74. The van der Waals surface area contributed by atoms with Gasteiger partial charge in [0.15, 0.2) is 0 Å². The first kappa shape index (κ1) is 10.5. The lowest BCUT2D eigenvalue weighted by Crippen LogP contribution is -2.03. The molecule has 0 amide bonds. The first-order chi connectivity index (χ1) is 6.77. The van der Waals surface area contributed by atoms with E-state index in [2.05, 4.69) is 4.89 Å². The molecule has 0 heterocycles. The lowest BCUT2D eigenvalue weighted by molar-refractivity contribution is -0.234. The number of hydrogen-bond acceptors (Lipinski definition) is 4. The molecule has 0 aliphatic heterocycles. The van der Waals surface area contributed by atoms with Crippen LogP contribution in [-0.2, 0) is 16.1 Å². The zero-order valence-corrected chi connectivity index (χ0v) is 7.90. The van der Waals surface area contributed by atoms with E-state index in [0.29, 0.717) is 6.42 Å². The molecule has 0 bridgehead atoms. The van der Waals surface area contributed by atoms with Crippen LogP contribution in [-0.4, -0.2) is 18.3 Å². The Balaban J connectivity index is 2.61. The molecule has 76 valence electrons. The van der Waals surface area contributed by atoms with Gasteiger partial charge in [-0.1, -0.05) is 18.2 Å². The minimum atomic E-state index is -0.643. The monoisotopic (exact) mass is 196 g/mol. The zero-order valence-electron chi connectivity index (χ0n) is 7.90.